The van der Waals surface area contributed by atoms with Crippen LogP contribution in [0.2, 0.25) is 0 Å². The molecule has 19 heavy (non-hydrogen) atoms. The molecular formula is C13H19N5O. The minimum absolute atomic E-state index is 0.259. The monoisotopic (exact) mass is 261 g/mol. The van der Waals surface area contributed by atoms with Gasteiger partial charge in [-0.1, -0.05) is 0 Å². The second-order valence-electron chi connectivity index (χ2n) is 5.47. The normalized spacial score (nSPS) is 16.8. The number of aliphatic hydroxyl groups is 1. The average Bonchev–Trinajstić information content (AvgIpc) is 2.99. The Kier molecular flexibility index (Phi) is 2.89. The maximum atomic E-state index is 9.11. The van der Waals surface area contributed by atoms with Gasteiger partial charge in [-0.3, -0.25) is 0 Å². The Morgan fingerprint density at radius 2 is 2.21 bits per heavy atom. The number of rotatable bonds is 5. The molecule has 0 amide bonds. The zero-order chi connectivity index (χ0) is 13.5. The molecule has 1 aliphatic carbocycles. The maximum absolute atomic E-state index is 9.11. The Labute approximate surface area is 111 Å². The molecule has 0 aliphatic heterocycles. The number of hydrogen-bond donors (Lipinski definition) is 2. The summed E-state index contributed by atoms with van der Waals surface area (Å²) in [6, 6.07) is 0. The van der Waals surface area contributed by atoms with Gasteiger partial charge in [0.2, 0.25) is 0 Å². The van der Waals surface area contributed by atoms with Gasteiger partial charge in [-0.25, -0.2) is 4.98 Å². The standard InChI is InChI=1S/C13H19N5O/c1-9-10(2)17-12-15-8-16-18(12)11(9)14-7-13(3-4-13)5-6-19/h8,14,19H,3-7H2,1-2H3. The van der Waals surface area contributed by atoms with Crippen molar-refractivity contribution in [1.29, 1.82) is 0 Å². The second kappa shape index (κ2) is 4.45. The summed E-state index contributed by atoms with van der Waals surface area (Å²) < 4.78 is 1.75. The van der Waals surface area contributed by atoms with E-state index in [2.05, 4.69) is 20.4 Å². The van der Waals surface area contributed by atoms with E-state index in [1.807, 2.05) is 13.8 Å². The van der Waals surface area contributed by atoms with Crippen LogP contribution in [0, 0.1) is 19.3 Å². The van der Waals surface area contributed by atoms with E-state index in [9.17, 15) is 0 Å². The minimum Gasteiger partial charge on any atom is -0.396 e. The zero-order valence-corrected chi connectivity index (χ0v) is 11.3. The molecule has 6 heteroatoms. The van der Waals surface area contributed by atoms with Crippen molar-refractivity contribution >= 4 is 11.6 Å². The third kappa shape index (κ3) is 2.16. The summed E-state index contributed by atoms with van der Waals surface area (Å²) in [6.45, 7) is 5.15. The summed E-state index contributed by atoms with van der Waals surface area (Å²) in [7, 11) is 0. The van der Waals surface area contributed by atoms with Gasteiger partial charge in [0.05, 0.1) is 0 Å². The van der Waals surface area contributed by atoms with E-state index in [4.69, 9.17) is 5.11 Å². The van der Waals surface area contributed by atoms with Crippen LogP contribution in [0.5, 0.6) is 0 Å². The number of anilines is 1. The number of nitrogens with zero attached hydrogens (tertiary/aromatic N) is 4. The smallest absolute Gasteiger partial charge is 0.254 e. The highest BCUT2D eigenvalue weighted by Crippen LogP contribution is 2.48. The van der Waals surface area contributed by atoms with Crippen molar-refractivity contribution in [2.75, 3.05) is 18.5 Å². The summed E-state index contributed by atoms with van der Waals surface area (Å²) in [6.07, 6.45) is 4.75. The van der Waals surface area contributed by atoms with Crippen molar-refractivity contribution in [3.05, 3.63) is 17.6 Å². The van der Waals surface area contributed by atoms with Gasteiger partial charge in [-0.15, -0.1) is 0 Å². The molecule has 1 saturated carbocycles. The fourth-order valence-electron chi connectivity index (χ4n) is 2.44. The molecule has 0 bridgehead atoms. The maximum Gasteiger partial charge on any atom is 0.254 e. The van der Waals surface area contributed by atoms with Crippen LogP contribution in [0.25, 0.3) is 5.78 Å². The number of fused-ring (bicyclic) bond motifs is 1. The molecule has 2 heterocycles. The second-order valence-corrected chi connectivity index (χ2v) is 5.47. The van der Waals surface area contributed by atoms with Crippen LogP contribution in [-0.2, 0) is 0 Å². The summed E-state index contributed by atoms with van der Waals surface area (Å²) in [5.74, 6) is 1.59. The fraction of sp³-hybridized carbons (Fsp3) is 0.615. The van der Waals surface area contributed by atoms with Crippen molar-refractivity contribution in [3.8, 4) is 0 Å². The minimum atomic E-state index is 0.259. The largest absolute Gasteiger partial charge is 0.396 e. The van der Waals surface area contributed by atoms with Crippen molar-refractivity contribution in [3.63, 3.8) is 0 Å². The van der Waals surface area contributed by atoms with Crippen LogP contribution < -0.4 is 5.32 Å². The summed E-state index contributed by atoms with van der Waals surface area (Å²) in [5.41, 5.74) is 2.33. The van der Waals surface area contributed by atoms with Gasteiger partial charge in [0.25, 0.3) is 5.78 Å². The number of aryl methyl sites for hydroxylation is 1. The molecule has 2 N–H and O–H groups in total. The predicted octanol–water partition coefficient (Wildman–Crippen LogP) is 1.32. The van der Waals surface area contributed by atoms with Crippen molar-refractivity contribution in [2.24, 2.45) is 5.41 Å². The molecule has 0 spiro atoms. The topological polar surface area (TPSA) is 75.3 Å². The predicted molar refractivity (Wildman–Crippen MR) is 72.1 cm³/mol. The van der Waals surface area contributed by atoms with Crippen LogP contribution in [0.15, 0.2) is 6.33 Å². The Bertz CT molecular complexity index is 602. The number of aliphatic hydroxyl groups excluding tert-OH is 1. The Morgan fingerprint density at radius 1 is 1.42 bits per heavy atom. The van der Waals surface area contributed by atoms with E-state index in [1.165, 1.54) is 19.2 Å². The lowest BCUT2D eigenvalue weighted by Gasteiger charge is -2.18. The third-order valence-corrected chi connectivity index (χ3v) is 4.14. The number of hydrogen-bond acceptors (Lipinski definition) is 5. The average molecular weight is 261 g/mol. The molecule has 102 valence electrons. The molecule has 1 fully saturated rings. The molecule has 1 aliphatic rings. The van der Waals surface area contributed by atoms with Crippen LogP contribution in [0.3, 0.4) is 0 Å². The van der Waals surface area contributed by atoms with E-state index in [1.54, 1.807) is 4.52 Å². The molecule has 2 aromatic heterocycles. The highest BCUT2D eigenvalue weighted by atomic mass is 16.3. The van der Waals surface area contributed by atoms with Gasteiger partial charge in [-0.05, 0) is 38.5 Å². The van der Waals surface area contributed by atoms with Crippen LogP contribution in [-0.4, -0.2) is 37.8 Å². The van der Waals surface area contributed by atoms with Gasteiger partial charge in [-0.2, -0.15) is 14.6 Å². The van der Waals surface area contributed by atoms with Crippen LogP contribution in [0.4, 0.5) is 5.82 Å². The third-order valence-electron chi connectivity index (χ3n) is 4.14. The number of nitrogens with one attached hydrogen (secondary N) is 1. The van der Waals surface area contributed by atoms with Crippen molar-refractivity contribution < 1.29 is 5.11 Å². The first-order chi connectivity index (χ1) is 9.15. The summed E-state index contributed by atoms with van der Waals surface area (Å²) in [4.78, 5) is 8.54. The van der Waals surface area contributed by atoms with Gasteiger partial charge in [0.1, 0.15) is 12.1 Å². The Hall–Kier alpha value is -1.69. The van der Waals surface area contributed by atoms with Gasteiger partial charge >= 0.3 is 0 Å². The van der Waals surface area contributed by atoms with Crippen molar-refractivity contribution in [1.82, 2.24) is 19.6 Å². The van der Waals surface area contributed by atoms with Crippen LogP contribution >= 0.6 is 0 Å². The Balaban J connectivity index is 1.88. The molecule has 0 aromatic carbocycles. The molecule has 0 radical (unpaired) electrons. The fourth-order valence-corrected chi connectivity index (χ4v) is 2.44. The molecular weight excluding hydrogens is 242 g/mol. The molecule has 3 rings (SSSR count). The van der Waals surface area contributed by atoms with E-state index in [-0.39, 0.29) is 12.0 Å². The van der Waals surface area contributed by atoms with E-state index in [0.29, 0.717) is 5.78 Å². The van der Waals surface area contributed by atoms with E-state index >= 15 is 0 Å². The number of aromatic nitrogens is 4. The zero-order valence-electron chi connectivity index (χ0n) is 11.3. The molecule has 0 saturated heterocycles. The first-order valence-electron chi connectivity index (χ1n) is 6.67. The lowest BCUT2D eigenvalue weighted by molar-refractivity contribution is 0.253. The first-order valence-corrected chi connectivity index (χ1v) is 6.67. The van der Waals surface area contributed by atoms with Gasteiger partial charge < -0.3 is 10.4 Å². The first kappa shape index (κ1) is 12.3. The lowest BCUT2D eigenvalue weighted by Crippen LogP contribution is -2.19. The van der Waals surface area contributed by atoms with E-state index in [0.717, 1.165) is 30.0 Å². The van der Waals surface area contributed by atoms with Gasteiger partial charge in [0, 0.05) is 24.4 Å². The molecule has 2 aromatic rings. The quantitative estimate of drug-likeness (QED) is 0.849. The summed E-state index contributed by atoms with van der Waals surface area (Å²) in [5, 5.41) is 16.8. The molecule has 6 nitrogen and oxygen atoms in total. The van der Waals surface area contributed by atoms with Gasteiger partial charge in [0.15, 0.2) is 0 Å². The lowest BCUT2D eigenvalue weighted by atomic mass is 10.0. The van der Waals surface area contributed by atoms with E-state index < -0.39 is 0 Å². The summed E-state index contributed by atoms with van der Waals surface area (Å²) >= 11 is 0. The highest BCUT2D eigenvalue weighted by Gasteiger charge is 2.41. The van der Waals surface area contributed by atoms with Crippen LogP contribution in [0.1, 0.15) is 30.5 Å². The molecule has 0 atom stereocenters. The SMILES string of the molecule is Cc1nc2ncnn2c(NCC2(CCO)CC2)c1C. The highest BCUT2D eigenvalue weighted by molar-refractivity contribution is 5.52. The molecule has 0 unspecified atom stereocenters. The Morgan fingerprint density at radius 3 is 2.89 bits per heavy atom. The van der Waals surface area contributed by atoms with Crippen molar-refractivity contribution in [2.45, 2.75) is 33.1 Å².